The first kappa shape index (κ1) is 38.5. The molecule has 14 heteroatoms. The van der Waals surface area contributed by atoms with Crippen LogP contribution in [0.4, 0.5) is 33.6 Å². The predicted molar refractivity (Wildman–Crippen MR) is 223 cm³/mol. The maximum Gasteiger partial charge on any atom is 0.328 e. The Labute approximate surface area is 333 Å². The van der Waals surface area contributed by atoms with Gasteiger partial charge in [0.05, 0.1) is 23.1 Å². The number of pyridine rings is 2. The molecule has 0 spiro atoms. The predicted octanol–water partition coefficient (Wildman–Crippen LogP) is 6.05. The van der Waals surface area contributed by atoms with E-state index in [-0.39, 0.29) is 34.9 Å². The lowest BCUT2D eigenvalue weighted by molar-refractivity contribution is -0.120. The van der Waals surface area contributed by atoms with E-state index in [1.165, 1.54) is 24.6 Å². The highest BCUT2D eigenvalue weighted by Crippen LogP contribution is 2.35. The van der Waals surface area contributed by atoms with Crippen LogP contribution >= 0.6 is 0 Å². The number of piperazine rings is 1. The van der Waals surface area contributed by atoms with E-state index in [0.29, 0.717) is 41.9 Å². The van der Waals surface area contributed by atoms with Crippen LogP contribution in [0.1, 0.15) is 91.4 Å². The number of imide groups is 1. The zero-order valence-corrected chi connectivity index (χ0v) is 33.6. The lowest BCUT2D eigenvalue weighted by Gasteiger charge is -2.38. The van der Waals surface area contributed by atoms with Crippen LogP contribution in [0.5, 0.6) is 0 Å². The second-order valence-electron chi connectivity index (χ2n) is 16.4. The summed E-state index contributed by atoms with van der Waals surface area (Å²) >= 11 is 0. The topological polar surface area (TPSA) is 149 Å². The van der Waals surface area contributed by atoms with Crippen molar-refractivity contribution in [1.29, 1.82) is 0 Å². The van der Waals surface area contributed by atoms with Gasteiger partial charge < -0.3 is 15.1 Å². The average molecular weight is 775 g/mol. The number of rotatable bonds is 10. The van der Waals surface area contributed by atoms with Crippen molar-refractivity contribution in [3.63, 3.8) is 0 Å². The molecule has 1 saturated carbocycles. The highest BCUT2D eigenvalue weighted by molar-refractivity contribution is 6.06. The molecule has 3 amide bonds. The van der Waals surface area contributed by atoms with Crippen molar-refractivity contribution >= 4 is 57.6 Å². The molecule has 14 nitrogen and oxygen atoms in total. The van der Waals surface area contributed by atoms with Crippen molar-refractivity contribution in [2.75, 3.05) is 72.4 Å². The number of nitrogens with zero attached hydrogens (tertiary/aromatic N) is 8. The SMILES string of the molecule is CC(=O)c1c(C)c2cnc(Nc3ccc(N4CCN(CCC5CCN(c6cc(N7CCC(=O)NC7=O)c(C)cc6C)CC5)CC4)cn3)nc2n(C2CCCC2)c1=O. The number of anilines is 5. The van der Waals surface area contributed by atoms with E-state index in [4.69, 9.17) is 9.97 Å². The van der Waals surface area contributed by atoms with Crippen molar-refractivity contribution < 1.29 is 14.4 Å². The Bertz CT molecular complexity index is 2230. The number of urea groups is 1. The molecule has 0 atom stereocenters. The first-order valence-corrected chi connectivity index (χ1v) is 20.6. The molecule has 1 aromatic carbocycles. The van der Waals surface area contributed by atoms with Gasteiger partial charge in [-0.1, -0.05) is 18.9 Å². The number of nitrogens with one attached hydrogen (secondary N) is 2. The summed E-state index contributed by atoms with van der Waals surface area (Å²) < 4.78 is 1.73. The standard InChI is InChI=1S/C43H54N10O4/c1-27-23-28(2)36(52-18-14-38(55)47-43(52)57)24-35(27)51-16-12-31(13-17-51)11-15-49-19-21-50(22-20-49)33-9-10-37(44-25-33)46-42-45-26-34-29(3)39(30(4)54)41(56)53(40(34)48-42)32-7-5-6-8-32/h9-10,23-26,31-32H,5-8,11-22H2,1-4H3,(H,47,55,57)(H,44,45,46,48). The van der Waals surface area contributed by atoms with E-state index in [1.807, 2.05) is 19.2 Å². The third kappa shape index (κ3) is 7.96. The van der Waals surface area contributed by atoms with Crippen LogP contribution in [-0.4, -0.2) is 94.5 Å². The number of amides is 3. The van der Waals surface area contributed by atoms with E-state index in [2.05, 4.69) is 55.4 Å². The number of piperidine rings is 1. The van der Waals surface area contributed by atoms with Crippen LogP contribution in [0.3, 0.4) is 0 Å². The van der Waals surface area contributed by atoms with Gasteiger partial charge in [0.2, 0.25) is 11.9 Å². The summed E-state index contributed by atoms with van der Waals surface area (Å²) in [4.78, 5) is 73.5. The van der Waals surface area contributed by atoms with Crippen LogP contribution < -0.4 is 30.9 Å². The third-order valence-electron chi connectivity index (χ3n) is 12.6. The Morgan fingerprint density at radius 1 is 0.842 bits per heavy atom. The van der Waals surface area contributed by atoms with Crippen molar-refractivity contribution in [2.24, 2.45) is 5.92 Å². The minimum Gasteiger partial charge on any atom is -0.371 e. The summed E-state index contributed by atoms with van der Waals surface area (Å²) in [6.45, 7) is 14.8. The zero-order chi connectivity index (χ0) is 39.8. The number of hydrogen-bond acceptors (Lipinski definition) is 11. The van der Waals surface area contributed by atoms with Crippen LogP contribution in [0.25, 0.3) is 11.0 Å². The summed E-state index contributed by atoms with van der Waals surface area (Å²) in [5.41, 5.74) is 6.57. The van der Waals surface area contributed by atoms with Crippen molar-refractivity contribution in [3.8, 4) is 0 Å². The highest BCUT2D eigenvalue weighted by atomic mass is 16.2. The monoisotopic (exact) mass is 774 g/mol. The summed E-state index contributed by atoms with van der Waals surface area (Å²) in [6.07, 6.45) is 11.3. The average Bonchev–Trinajstić information content (AvgIpc) is 3.73. The summed E-state index contributed by atoms with van der Waals surface area (Å²) in [5.74, 6) is 1.24. The Kier molecular flexibility index (Phi) is 11.0. The number of carbonyl (C=O) groups excluding carboxylic acids is 3. The molecule has 0 unspecified atom stereocenters. The van der Waals surface area contributed by atoms with E-state index >= 15 is 0 Å². The number of ketones is 1. The lowest BCUT2D eigenvalue weighted by Crippen LogP contribution is -2.49. The molecule has 0 bridgehead atoms. The Morgan fingerprint density at radius 3 is 2.26 bits per heavy atom. The van der Waals surface area contributed by atoms with Gasteiger partial charge in [0, 0.05) is 75.5 Å². The number of hydrogen-bond donors (Lipinski definition) is 2. The molecular formula is C43H54N10O4. The number of Topliss-reactive ketones (excluding diaryl/α,β-unsaturated/α-hetero) is 1. The number of aromatic nitrogens is 4. The first-order chi connectivity index (χ1) is 27.5. The normalized spacial score (nSPS) is 18.8. The fourth-order valence-electron chi connectivity index (χ4n) is 9.38. The third-order valence-corrected chi connectivity index (χ3v) is 12.6. The quantitative estimate of drug-likeness (QED) is 0.182. The van der Waals surface area contributed by atoms with E-state index in [1.54, 1.807) is 22.6 Å². The first-order valence-electron chi connectivity index (χ1n) is 20.6. The minimum atomic E-state index is -0.338. The number of carbonyl (C=O) groups is 3. The molecule has 4 aromatic rings. The molecule has 2 N–H and O–H groups in total. The molecule has 300 valence electrons. The second-order valence-corrected chi connectivity index (χ2v) is 16.4. The Hall–Kier alpha value is -5.37. The minimum absolute atomic E-state index is 0.0235. The van der Waals surface area contributed by atoms with Gasteiger partial charge in [-0.2, -0.15) is 4.98 Å². The van der Waals surface area contributed by atoms with Gasteiger partial charge in [-0.3, -0.25) is 34.1 Å². The Balaban J connectivity index is 0.828. The smallest absolute Gasteiger partial charge is 0.328 e. The number of fused-ring (bicyclic) bond motifs is 1. The van der Waals surface area contributed by atoms with E-state index in [0.717, 1.165) is 107 Å². The number of aryl methyl sites for hydroxylation is 3. The largest absolute Gasteiger partial charge is 0.371 e. The lowest BCUT2D eigenvalue weighted by atomic mass is 9.92. The molecule has 57 heavy (non-hydrogen) atoms. The molecule has 4 aliphatic rings. The van der Waals surface area contributed by atoms with Crippen LogP contribution in [0.2, 0.25) is 0 Å². The fourth-order valence-corrected chi connectivity index (χ4v) is 9.38. The van der Waals surface area contributed by atoms with Gasteiger partial charge >= 0.3 is 6.03 Å². The van der Waals surface area contributed by atoms with Crippen LogP contribution in [0.15, 0.2) is 41.5 Å². The molecule has 3 aliphatic heterocycles. The summed E-state index contributed by atoms with van der Waals surface area (Å²) in [5, 5.41) is 6.42. The summed E-state index contributed by atoms with van der Waals surface area (Å²) in [7, 11) is 0. The van der Waals surface area contributed by atoms with Gasteiger partial charge in [0.15, 0.2) is 5.78 Å². The fraction of sp³-hybridized carbons (Fsp3) is 0.512. The summed E-state index contributed by atoms with van der Waals surface area (Å²) in [6, 6.07) is 8.02. The molecular weight excluding hydrogens is 721 g/mol. The molecule has 8 rings (SSSR count). The molecule has 3 saturated heterocycles. The van der Waals surface area contributed by atoms with E-state index < -0.39 is 0 Å². The molecule has 1 aliphatic carbocycles. The van der Waals surface area contributed by atoms with Gasteiger partial charge in [-0.05, 0) is 107 Å². The van der Waals surface area contributed by atoms with Gasteiger partial charge in [-0.15, -0.1) is 0 Å². The van der Waals surface area contributed by atoms with Crippen molar-refractivity contribution in [2.45, 2.75) is 85.1 Å². The van der Waals surface area contributed by atoms with Crippen molar-refractivity contribution in [3.05, 3.63) is 69.3 Å². The maximum atomic E-state index is 13.6. The maximum absolute atomic E-state index is 13.6. The molecule has 4 fully saturated rings. The molecule has 6 heterocycles. The van der Waals surface area contributed by atoms with Gasteiger partial charge in [-0.25, -0.2) is 14.8 Å². The Morgan fingerprint density at radius 2 is 1.58 bits per heavy atom. The molecule has 0 radical (unpaired) electrons. The second kappa shape index (κ2) is 16.2. The van der Waals surface area contributed by atoms with Gasteiger partial charge in [0.25, 0.3) is 5.56 Å². The van der Waals surface area contributed by atoms with Crippen molar-refractivity contribution in [1.82, 2.24) is 29.7 Å². The number of benzene rings is 1. The molecule has 3 aromatic heterocycles. The van der Waals surface area contributed by atoms with E-state index in [9.17, 15) is 19.2 Å². The van der Waals surface area contributed by atoms with Crippen LogP contribution in [0, 0.1) is 26.7 Å². The zero-order valence-electron chi connectivity index (χ0n) is 33.6. The highest BCUT2D eigenvalue weighted by Gasteiger charge is 2.29. The van der Waals surface area contributed by atoms with Crippen LogP contribution in [-0.2, 0) is 4.79 Å². The van der Waals surface area contributed by atoms with Gasteiger partial charge in [0.1, 0.15) is 11.5 Å².